The van der Waals surface area contributed by atoms with E-state index in [-0.39, 0.29) is 5.91 Å². The number of hydrogen-bond acceptors (Lipinski definition) is 4. The van der Waals surface area contributed by atoms with Crippen molar-refractivity contribution in [3.8, 4) is 16.9 Å². The van der Waals surface area contributed by atoms with E-state index in [1.54, 1.807) is 35.4 Å². The number of amides is 1. The SMILES string of the molecule is Cc1nc(/C=C/C(=O)N(C)Cc2cn(-c3ccccc3)nc2-c2ccccc2)cs1. The fraction of sp³-hybridized carbons (Fsp3) is 0.125. The molecule has 0 aliphatic carbocycles. The van der Waals surface area contributed by atoms with Gasteiger partial charge in [0.2, 0.25) is 5.91 Å². The molecular formula is C24H22N4OS. The first kappa shape index (κ1) is 19.8. The molecule has 0 aliphatic heterocycles. The molecule has 150 valence electrons. The van der Waals surface area contributed by atoms with Crippen molar-refractivity contribution in [1.29, 1.82) is 0 Å². The van der Waals surface area contributed by atoms with Crippen LogP contribution in [0.25, 0.3) is 23.0 Å². The first-order chi connectivity index (χ1) is 14.6. The predicted octanol–water partition coefficient (Wildman–Crippen LogP) is 4.98. The molecule has 0 radical (unpaired) electrons. The van der Waals surface area contributed by atoms with Crippen LogP contribution in [-0.2, 0) is 11.3 Å². The Labute approximate surface area is 179 Å². The zero-order valence-electron chi connectivity index (χ0n) is 16.9. The van der Waals surface area contributed by atoms with Crippen molar-refractivity contribution in [2.24, 2.45) is 0 Å². The van der Waals surface area contributed by atoms with Crippen molar-refractivity contribution in [1.82, 2.24) is 19.7 Å². The van der Waals surface area contributed by atoms with Crippen molar-refractivity contribution < 1.29 is 4.79 Å². The number of aromatic nitrogens is 3. The molecule has 6 heteroatoms. The van der Waals surface area contributed by atoms with Gasteiger partial charge in [-0.3, -0.25) is 4.79 Å². The molecule has 1 amide bonds. The summed E-state index contributed by atoms with van der Waals surface area (Å²) in [5, 5.41) is 7.74. The average molecular weight is 415 g/mol. The Morgan fingerprint density at radius 2 is 1.80 bits per heavy atom. The largest absolute Gasteiger partial charge is 0.338 e. The van der Waals surface area contributed by atoms with E-state index in [0.29, 0.717) is 6.54 Å². The summed E-state index contributed by atoms with van der Waals surface area (Å²) >= 11 is 1.57. The van der Waals surface area contributed by atoms with Crippen LogP contribution in [0.4, 0.5) is 0 Å². The van der Waals surface area contributed by atoms with E-state index in [4.69, 9.17) is 5.10 Å². The maximum absolute atomic E-state index is 12.6. The molecular weight excluding hydrogens is 392 g/mol. The summed E-state index contributed by atoms with van der Waals surface area (Å²) in [7, 11) is 1.80. The van der Waals surface area contributed by atoms with Gasteiger partial charge in [-0.15, -0.1) is 11.3 Å². The van der Waals surface area contributed by atoms with Gasteiger partial charge in [0.25, 0.3) is 0 Å². The molecule has 2 aromatic carbocycles. The third-order valence-corrected chi connectivity index (χ3v) is 5.47. The van der Waals surface area contributed by atoms with Gasteiger partial charge in [0.15, 0.2) is 0 Å². The highest BCUT2D eigenvalue weighted by Gasteiger charge is 2.15. The van der Waals surface area contributed by atoms with Gasteiger partial charge in [0, 0.05) is 42.4 Å². The van der Waals surface area contributed by atoms with Gasteiger partial charge in [-0.1, -0.05) is 48.5 Å². The molecule has 0 spiro atoms. The molecule has 0 saturated heterocycles. The third-order valence-electron chi connectivity index (χ3n) is 4.68. The molecule has 4 aromatic rings. The summed E-state index contributed by atoms with van der Waals surface area (Å²) in [6, 6.07) is 20.0. The highest BCUT2D eigenvalue weighted by molar-refractivity contribution is 7.09. The van der Waals surface area contributed by atoms with Crippen LogP contribution in [0.3, 0.4) is 0 Å². The van der Waals surface area contributed by atoms with Gasteiger partial charge in [-0.25, -0.2) is 9.67 Å². The highest BCUT2D eigenvalue weighted by Crippen LogP contribution is 2.24. The smallest absolute Gasteiger partial charge is 0.246 e. The number of nitrogens with zero attached hydrogens (tertiary/aromatic N) is 4. The maximum atomic E-state index is 12.6. The van der Waals surface area contributed by atoms with Crippen LogP contribution in [0.2, 0.25) is 0 Å². The fourth-order valence-electron chi connectivity index (χ4n) is 3.15. The van der Waals surface area contributed by atoms with Gasteiger partial charge in [-0.05, 0) is 25.1 Å². The Morgan fingerprint density at radius 1 is 1.10 bits per heavy atom. The summed E-state index contributed by atoms with van der Waals surface area (Å²) in [6.07, 6.45) is 5.32. The van der Waals surface area contributed by atoms with Crippen LogP contribution in [0.1, 0.15) is 16.3 Å². The summed E-state index contributed by atoms with van der Waals surface area (Å²) in [5.41, 5.74) is 4.67. The van der Waals surface area contributed by atoms with Crippen molar-refractivity contribution in [2.45, 2.75) is 13.5 Å². The van der Waals surface area contributed by atoms with Gasteiger partial charge in [0.05, 0.1) is 22.1 Å². The molecule has 2 heterocycles. The number of carbonyl (C=O) groups is 1. The monoisotopic (exact) mass is 414 g/mol. The number of likely N-dealkylation sites (N-methyl/N-ethyl adjacent to an activating group) is 1. The highest BCUT2D eigenvalue weighted by atomic mass is 32.1. The summed E-state index contributed by atoms with van der Waals surface area (Å²) in [5.74, 6) is -0.0767. The van der Waals surface area contributed by atoms with E-state index in [0.717, 1.165) is 33.2 Å². The normalized spacial score (nSPS) is 11.1. The van der Waals surface area contributed by atoms with Crippen molar-refractivity contribution in [3.05, 3.63) is 94.6 Å². The van der Waals surface area contributed by atoms with Crippen molar-refractivity contribution in [3.63, 3.8) is 0 Å². The van der Waals surface area contributed by atoms with E-state index < -0.39 is 0 Å². The van der Waals surface area contributed by atoms with E-state index in [1.165, 1.54) is 0 Å². The number of rotatable bonds is 6. The standard InChI is InChI=1S/C24H22N4OS/c1-18-25-21(17-30-18)13-14-23(29)27(2)15-20-16-28(22-11-7-4-8-12-22)26-24(20)19-9-5-3-6-10-19/h3-14,16-17H,15H2,1-2H3/b14-13+. The Balaban J connectivity index is 1.59. The van der Waals surface area contributed by atoms with Crippen molar-refractivity contribution in [2.75, 3.05) is 7.05 Å². The quantitative estimate of drug-likeness (QED) is 0.418. The molecule has 30 heavy (non-hydrogen) atoms. The van der Waals surface area contributed by atoms with Gasteiger partial charge in [-0.2, -0.15) is 5.10 Å². The lowest BCUT2D eigenvalue weighted by Crippen LogP contribution is -2.24. The lowest BCUT2D eigenvalue weighted by Gasteiger charge is -2.15. The van der Waals surface area contributed by atoms with Gasteiger partial charge < -0.3 is 4.90 Å². The lowest BCUT2D eigenvalue weighted by molar-refractivity contribution is -0.125. The zero-order chi connectivity index (χ0) is 20.9. The first-order valence-corrected chi connectivity index (χ1v) is 10.5. The molecule has 4 rings (SSSR count). The van der Waals surface area contributed by atoms with E-state index in [2.05, 4.69) is 4.98 Å². The minimum Gasteiger partial charge on any atom is -0.338 e. The molecule has 0 atom stereocenters. The summed E-state index contributed by atoms with van der Waals surface area (Å²) < 4.78 is 1.86. The van der Waals surface area contributed by atoms with E-state index in [9.17, 15) is 4.79 Å². The molecule has 0 unspecified atom stereocenters. The zero-order valence-corrected chi connectivity index (χ0v) is 17.7. The van der Waals surface area contributed by atoms with Crippen molar-refractivity contribution >= 4 is 23.3 Å². The molecule has 5 nitrogen and oxygen atoms in total. The van der Waals surface area contributed by atoms with Crippen LogP contribution >= 0.6 is 11.3 Å². The Morgan fingerprint density at radius 3 is 2.47 bits per heavy atom. The topological polar surface area (TPSA) is 51.0 Å². The number of benzene rings is 2. The number of aryl methyl sites for hydroxylation is 1. The van der Waals surface area contributed by atoms with Crippen LogP contribution in [0.15, 0.2) is 78.3 Å². The lowest BCUT2D eigenvalue weighted by atomic mass is 10.1. The maximum Gasteiger partial charge on any atom is 0.246 e. The fourth-order valence-corrected chi connectivity index (χ4v) is 3.73. The van der Waals surface area contributed by atoms with Crippen LogP contribution < -0.4 is 0 Å². The van der Waals surface area contributed by atoms with Crippen LogP contribution in [0, 0.1) is 6.92 Å². The molecule has 2 aromatic heterocycles. The predicted molar refractivity (Wildman–Crippen MR) is 121 cm³/mol. The van der Waals surface area contributed by atoms with Crippen LogP contribution in [-0.4, -0.2) is 32.6 Å². The first-order valence-electron chi connectivity index (χ1n) is 9.65. The molecule has 0 bridgehead atoms. The summed E-state index contributed by atoms with van der Waals surface area (Å²) in [6.45, 7) is 2.40. The second-order valence-corrected chi connectivity index (χ2v) is 8.03. The minimum atomic E-state index is -0.0767. The molecule has 0 saturated carbocycles. The van der Waals surface area contributed by atoms with E-state index >= 15 is 0 Å². The van der Waals surface area contributed by atoms with Crippen LogP contribution in [0.5, 0.6) is 0 Å². The second kappa shape index (κ2) is 8.88. The number of para-hydroxylation sites is 1. The molecule has 0 aliphatic rings. The molecule has 0 N–H and O–H groups in total. The Kier molecular flexibility index (Phi) is 5.86. The van der Waals surface area contributed by atoms with Gasteiger partial charge in [0.1, 0.15) is 0 Å². The second-order valence-electron chi connectivity index (χ2n) is 6.97. The number of hydrogen-bond donors (Lipinski definition) is 0. The number of thiazole rings is 1. The third kappa shape index (κ3) is 4.55. The van der Waals surface area contributed by atoms with Gasteiger partial charge >= 0.3 is 0 Å². The molecule has 0 fully saturated rings. The summed E-state index contributed by atoms with van der Waals surface area (Å²) in [4.78, 5) is 18.7. The number of carbonyl (C=O) groups excluding carboxylic acids is 1. The average Bonchev–Trinajstić information content (AvgIpc) is 3.39. The minimum absolute atomic E-state index is 0.0767. The Hall–Kier alpha value is -3.51. The van der Waals surface area contributed by atoms with E-state index in [1.807, 2.05) is 83.8 Å². The Bertz CT molecular complexity index is 1160.